The number of hydrogen-bond acceptors (Lipinski definition) is 7. The highest BCUT2D eigenvalue weighted by atomic mass is 16.5. The minimum atomic E-state index is -0.277. The number of hydrogen-bond donors (Lipinski definition) is 2. The molecule has 0 aliphatic carbocycles. The average Bonchev–Trinajstić information content (AvgIpc) is 2.90. The fourth-order valence-corrected chi connectivity index (χ4v) is 1.68. The molecule has 1 atom stereocenters. The zero-order valence-electron chi connectivity index (χ0n) is 9.42. The van der Waals surface area contributed by atoms with Gasteiger partial charge < -0.3 is 14.6 Å². The van der Waals surface area contributed by atoms with Crippen LogP contribution in [0.3, 0.4) is 0 Å². The Morgan fingerprint density at radius 3 is 3.06 bits per heavy atom. The number of aromatic amines is 1. The third-order valence-corrected chi connectivity index (χ3v) is 2.57. The molecule has 0 spiro atoms. The van der Waals surface area contributed by atoms with Crippen molar-refractivity contribution < 1.29 is 9.26 Å². The molecule has 0 amide bonds. The van der Waals surface area contributed by atoms with Crippen LogP contribution in [0.4, 0.5) is 0 Å². The van der Waals surface area contributed by atoms with Gasteiger partial charge >= 0.3 is 0 Å². The molecule has 1 fully saturated rings. The number of aromatic nitrogens is 4. The lowest BCUT2D eigenvalue weighted by atomic mass is 10.2. The van der Waals surface area contributed by atoms with Crippen LogP contribution in [0, 0.1) is 0 Å². The number of H-pyrrole nitrogens is 1. The predicted octanol–water partition coefficient (Wildman–Crippen LogP) is -0.519. The van der Waals surface area contributed by atoms with Crippen molar-refractivity contribution in [2.75, 3.05) is 19.8 Å². The van der Waals surface area contributed by atoms with Crippen LogP contribution in [-0.4, -0.2) is 40.1 Å². The zero-order valence-corrected chi connectivity index (χ0v) is 9.42. The van der Waals surface area contributed by atoms with Crippen molar-refractivity contribution in [2.24, 2.45) is 0 Å². The number of nitrogens with zero attached hydrogens (tertiary/aromatic N) is 3. The molecule has 94 valence electrons. The van der Waals surface area contributed by atoms with Crippen molar-refractivity contribution >= 4 is 0 Å². The first-order chi connectivity index (χ1) is 8.83. The Hall–Kier alpha value is -2.06. The predicted molar refractivity (Wildman–Crippen MR) is 59.7 cm³/mol. The Bertz CT molecular complexity index is 567. The van der Waals surface area contributed by atoms with Gasteiger partial charge in [-0.25, -0.2) is 5.10 Å². The Balaban J connectivity index is 1.84. The van der Waals surface area contributed by atoms with Crippen LogP contribution in [0.5, 0.6) is 0 Å². The molecule has 3 heterocycles. The molecule has 0 aromatic carbocycles. The molecule has 0 saturated carbocycles. The third kappa shape index (κ3) is 2.15. The zero-order chi connectivity index (χ0) is 12.4. The van der Waals surface area contributed by atoms with E-state index in [1.807, 2.05) is 0 Å². The van der Waals surface area contributed by atoms with Crippen molar-refractivity contribution in [3.05, 3.63) is 28.3 Å². The van der Waals surface area contributed by atoms with Gasteiger partial charge in [0.1, 0.15) is 5.69 Å². The minimum absolute atomic E-state index is 0.0704. The van der Waals surface area contributed by atoms with E-state index in [2.05, 4.69) is 25.7 Å². The Kier molecular flexibility index (Phi) is 2.87. The molecule has 1 aliphatic rings. The second kappa shape index (κ2) is 4.67. The summed E-state index contributed by atoms with van der Waals surface area (Å²) in [4.78, 5) is 15.1. The first kappa shape index (κ1) is 11.1. The molecule has 8 heteroatoms. The van der Waals surface area contributed by atoms with Gasteiger partial charge in [-0.2, -0.15) is 10.1 Å². The van der Waals surface area contributed by atoms with Gasteiger partial charge in [0.15, 0.2) is 5.82 Å². The quantitative estimate of drug-likeness (QED) is 0.737. The smallest absolute Gasteiger partial charge is 0.278 e. The molecule has 3 rings (SSSR count). The average molecular weight is 249 g/mol. The summed E-state index contributed by atoms with van der Waals surface area (Å²) in [6.07, 6.45) is 0. The monoisotopic (exact) mass is 249 g/mol. The summed E-state index contributed by atoms with van der Waals surface area (Å²) < 4.78 is 10.4. The molecular formula is C10H11N5O3. The summed E-state index contributed by atoms with van der Waals surface area (Å²) in [6.45, 7) is 1.95. The van der Waals surface area contributed by atoms with Crippen LogP contribution in [0.15, 0.2) is 21.5 Å². The van der Waals surface area contributed by atoms with E-state index in [4.69, 9.17) is 9.26 Å². The second-order valence-electron chi connectivity index (χ2n) is 3.85. The summed E-state index contributed by atoms with van der Waals surface area (Å²) in [6, 6.07) is 2.81. The fourth-order valence-electron chi connectivity index (χ4n) is 1.68. The van der Waals surface area contributed by atoms with E-state index in [0.29, 0.717) is 24.7 Å². The van der Waals surface area contributed by atoms with Crippen LogP contribution in [0.2, 0.25) is 0 Å². The standard InChI is InChI=1S/C10H11N5O3/c16-8-2-1-6(13-14-8)10-12-9(15-18-10)7-5-17-4-3-11-7/h1-2,7,11H,3-5H2,(H,14,16). The summed E-state index contributed by atoms with van der Waals surface area (Å²) in [5.74, 6) is 0.798. The van der Waals surface area contributed by atoms with Crippen LogP contribution in [-0.2, 0) is 4.74 Å². The van der Waals surface area contributed by atoms with E-state index >= 15 is 0 Å². The van der Waals surface area contributed by atoms with E-state index in [-0.39, 0.29) is 17.5 Å². The molecule has 18 heavy (non-hydrogen) atoms. The maximum Gasteiger partial charge on any atom is 0.278 e. The number of nitrogens with one attached hydrogen (secondary N) is 2. The summed E-state index contributed by atoms with van der Waals surface area (Å²) in [7, 11) is 0. The minimum Gasteiger partial charge on any atom is -0.378 e. The highest BCUT2D eigenvalue weighted by Crippen LogP contribution is 2.17. The molecule has 1 saturated heterocycles. The lowest BCUT2D eigenvalue weighted by Gasteiger charge is -2.20. The Morgan fingerprint density at radius 2 is 2.33 bits per heavy atom. The number of ether oxygens (including phenoxy) is 1. The van der Waals surface area contributed by atoms with Crippen LogP contribution < -0.4 is 10.9 Å². The lowest BCUT2D eigenvalue weighted by Crippen LogP contribution is -2.35. The first-order valence-corrected chi connectivity index (χ1v) is 5.54. The molecule has 2 aromatic rings. The van der Waals surface area contributed by atoms with E-state index in [1.165, 1.54) is 12.1 Å². The maximum atomic E-state index is 10.9. The van der Waals surface area contributed by atoms with Gasteiger partial charge in [0, 0.05) is 12.6 Å². The van der Waals surface area contributed by atoms with Crippen LogP contribution in [0.1, 0.15) is 11.9 Å². The van der Waals surface area contributed by atoms with Gasteiger partial charge in [-0.1, -0.05) is 5.16 Å². The maximum absolute atomic E-state index is 10.9. The summed E-state index contributed by atoms with van der Waals surface area (Å²) in [5, 5.41) is 13.2. The first-order valence-electron chi connectivity index (χ1n) is 5.54. The molecule has 0 radical (unpaired) electrons. The van der Waals surface area contributed by atoms with Gasteiger partial charge in [0.25, 0.3) is 11.4 Å². The van der Waals surface area contributed by atoms with E-state index < -0.39 is 0 Å². The molecule has 0 bridgehead atoms. The SMILES string of the molecule is O=c1ccc(-c2nc(C3COCCN3)no2)n[nH]1. The van der Waals surface area contributed by atoms with E-state index in [9.17, 15) is 4.79 Å². The fraction of sp³-hybridized carbons (Fsp3) is 0.400. The van der Waals surface area contributed by atoms with E-state index in [1.54, 1.807) is 0 Å². The summed E-state index contributed by atoms with van der Waals surface area (Å²) >= 11 is 0. The van der Waals surface area contributed by atoms with Crippen molar-refractivity contribution in [3.8, 4) is 11.6 Å². The number of rotatable bonds is 2. The van der Waals surface area contributed by atoms with Crippen molar-refractivity contribution in [2.45, 2.75) is 6.04 Å². The van der Waals surface area contributed by atoms with Crippen molar-refractivity contribution in [3.63, 3.8) is 0 Å². The Morgan fingerprint density at radius 1 is 1.39 bits per heavy atom. The van der Waals surface area contributed by atoms with Crippen LogP contribution >= 0.6 is 0 Å². The highest BCUT2D eigenvalue weighted by Gasteiger charge is 2.21. The normalized spacial score (nSPS) is 19.9. The summed E-state index contributed by atoms with van der Waals surface area (Å²) in [5.41, 5.74) is 0.158. The van der Waals surface area contributed by atoms with Gasteiger partial charge in [-0.05, 0) is 6.07 Å². The topological polar surface area (TPSA) is 106 Å². The van der Waals surface area contributed by atoms with Gasteiger partial charge in [0.05, 0.1) is 19.3 Å². The second-order valence-corrected chi connectivity index (χ2v) is 3.85. The Labute approximate surface area is 101 Å². The molecule has 8 nitrogen and oxygen atoms in total. The van der Waals surface area contributed by atoms with Crippen molar-refractivity contribution in [1.29, 1.82) is 0 Å². The third-order valence-electron chi connectivity index (χ3n) is 2.57. The number of morpholine rings is 1. The van der Waals surface area contributed by atoms with E-state index in [0.717, 1.165) is 6.54 Å². The molecule has 2 aromatic heterocycles. The highest BCUT2D eigenvalue weighted by molar-refractivity contribution is 5.44. The van der Waals surface area contributed by atoms with Crippen LogP contribution in [0.25, 0.3) is 11.6 Å². The van der Waals surface area contributed by atoms with Gasteiger partial charge in [0.2, 0.25) is 0 Å². The molecule has 1 aliphatic heterocycles. The van der Waals surface area contributed by atoms with Gasteiger partial charge in [-0.3, -0.25) is 4.79 Å². The lowest BCUT2D eigenvalue weighted by molar-refractivity contribution is 0.0734. The molecule has 2 N–H and O–H groups in total. The van der Waals surface area contributed by atoms with Crippen molar-refractivity contribution in [1.82, 2.24) is 25.7 Å². The largest absolute Gasteiger partial charge is 0.378 e. The molecule has 1 unspecified atom stereocenters. The molecular weight excluding hydrogens is 238 g/mol. The van der Waals surface area contributed by atoms with Gasteiger partial charge in [-0.15, -0.1) is 0 Å².